The summed E-state index contributed by atoms with van der Waals surface area (Å²) in [7, 11) is 0. The van der Waals surface area contributed by atoms with Crippen LogP contribution < -0.4 is 5.32 Å². The van der Waals surface area contributed by atoms with E-state index in [1.54, 1.807) is 29.5 Å². The number of amides is 1. The Kier molecular flexibility index (Phi) is 4.72. The zero-order valence-electron chi connectivity index (χ0n) is 14.5. The van der Waals surface area contributed by atoms with Crippen LogP contribution in [0.2, 0.25) is 0 Å². The van der Waals surface area contributed by atoms with Crippen molar-refractivity contribution in [2.24, 2.45) is 5.41 Å². The van der Waals surface area contributed by atoms with Crippen molar-refractivity contribution in [2.75, 3.05) is 0 Å². The molecule has 1 heterocycles. The molecule has 0 saturated heterocycles. The van der Waals surface area contributed by atoms with Gasteiger partial charge in [0.2, 0.25) is 5.91 Å². The monoisotopic (exact) mass is 368 g/mol. The number of halogens is 1. The summed E-state index contributed by atoms with van der Waals surface area (Å²) in [4.78, 5) is 17.7. The molecule has 3 nitrogen and oxygen atoms in total. The standard InChI is InChI=1S/C21H21FN2OS/c22-16-8-2-1-7-15(16)14-23-20(25)21(11-5-6-12-21)13-19-24-17-9-3-4-10-18(17)26-19/h1-4,7-10H,5-6,11-14H2,(H,23,25). The second-order valence-electron chi connectivity index (χ2n) is 7.01. The van der Waals surface area contributed by atoms with Gasteiger partial charge in [0.05, 0.1) is 20.6 Å². The minimum absolute atomic E-state index is 0.0255. The normalized spacial score (nSPS) is 16.0. The van der Waals surface area contributed by atoms with E-state index in [-0.39, 0.29) is 18.3 Å². The molecule has 0 unspecified atom stereocenters. The van der Waals surface area contributed by atoms with Crippen LogP contribution in [0.5, 0.6) is 0 Å². The molecule has 1 aromatic heterocycles. The molecule has 0 atom stereocenters. The Morgan fingerprint density at radius 1 is 1.12 bits per heavy atom. The van der Waals surface area contributed by atoms with Crippen molar-refractivity contribution in [1.29, 1.82) is 0 Å². The predicted molar refractivity (Wildman–Crippen MR) is 102 cm³/mol. The first-order valence-corrected chi connectivity index (χ1v) is 9.84. The first-order valence-electron chi connectivity index (χ1n) is 9.02. The molecule has 0 bridgehead atoms. The van der Waals surface area contributed by atoms with Crippen LogP contribution >= 0.6 is 11.3 Å². The van der Waals surface area contributed by atoms with Gasteiger partial charge in [-0.1, -0.05) is 43.2 Å². The molecule has 5 heteroatoms. The zero-order valence-corrected chi connectivity index (χ0v) is 15.3. The zero-order chi connectivity index (χ0) is 18.0. The average molecular weight is 368 g/mol. The van der Waals surface area contributed by atoms with Gasteiger partial charge >= 0.3 is 0 Å². The lowest BCUT2D eigenvalue weighted by Crippen LogP contribution is -2.40. The summed E-state index contributed by atoms with van der Waals surface area (Å²) >= 11 is 1.67. The number of nitrogens with zero attached hydrogens (tertiary/aromatic N) is 1. The molecule has 3 aromatic rings. The van der Waals surface area contributed by atoms with E-state index in [1.165, 1.54) is 6.07 Å². The van der Waals surface area contributed by atoms with Crippen molar-refractivity contribution < 1.29 is 9.18 Å². The fourth-order valence-corrected chi connectivity index (χ4v) is 4.94. The van der Waals surface area contributed by atoms with Gasteiger partial charge < -0.3 is 5.32 Å². The quantitative estimate of drug-likeness (QED) is 0.699. The smallest absolute Gasteiger partial charge is 0.226 e. The van der Waals surface area contributed by atoms with Crippen LogP contribution in [0.4, 0.5) is 4.39 Å². The highest BCUT2D eigenvalue weighted by atomic mass is 32.1. The molecule has 1 aliphatic rings. The Hall–Kier alpha value is -2.27. The number of thiazole rings is 1. The van der Waals surface area contributed by atoms with Gasteiger partial charge in [-0.2, -0.15) is 0 Å². The van der Waals surface area contributed by atoms with Crippen LogP contribution in [0.1, 0.15) is 36.3 Å². The van der Waals surface area contributed by atoms with Gasteiger partial charge in [0.25, 0.3) is 0 Å². The molecule has 134 valence electrons. The van der Waals surface area contributed by atoms with Gasteiger partial charge in [-0.15, -0.1) is 11.3 Å². The van der Waals surface area contributed by atoms with E-state index in [0.29, 0.717) is 12.0 Å². The average Bonchev–Trinajstić information content (AvgIpc) is 3.28. The first-order chi connectivity index (χ1) is 12.7. The second-order valence-corrected chi connectivity index (χ2v) is 8.13. The first kappa shape index (κ1) is 17.2. The fourth-order valence-electron chi connectivity index (χ4n) is 3.83. The third kappa shape index (κ3) is 3.36. The van der Waals surface area contributed by atoms with Crippen LogP contribution in [0.15, 0.2) is 48.5 Å². The number of nitrogens with one attached hydrogen (secondary N) is 1. The maximum Gasteiger partial charge on any atom is 0.226 e. The SMILES string of the molecule is O=C(NCc1ccccc1F)C1(Cc2nc3ccccc3s2)CCCC1. The van der Waals surface area contributed by atoms with Crippen molar-refractivity contribution in [1.82, 2.24) is 10.3 Å². The Morgan fingerprint density at radius 3 is 2.62 bits per heavy atom. The molecule has 0 spiro atoms. The van der Waals surface area contributed by atoms with Gasteiger partial charge in [0.1, 0.15) is 5.82 Å². The van der Waals surface area contributed by atoms with Crippen LogP contribution in [-0.4, -0.2) is 10.9 Å². The van der Waals surface area contributed by atoms with Gasteiger partial charge in [0.15, 0.2) is 0 Å². The van der Waals surface area contributed by atoms with Crippen molar-refractivity contribution in [2.45, 2.75) is 38.6 Å². The minimum Gasteiger partial charge on any atom is -0.351 e. The van der Waals surface area contributed by atoms with Gasteiger partial charge in [0, 0.05) is 18.5 Å². The van der Waals surface area contributed by atoms with Crippen LogP contribution in [-0.2, 0) is 17.8 Å². The molecule has 1 fully saturated rings. The van der Waals surface area contributed by atoms with Gasteiger partial charge in [-0.05, 0) is 31.0 Å². The molecule has 1 aliphatic carbocycles. The van der Waals surface area contributed by atoms with E-state index in [2.05, 4.69) is 11.4 Å². The molecule has 0 aliphatic heterocycles. The fraction of sp³-hybridized carbons (Fsp3) is 0.333. The minimum atomic E-state index is -0.418. The third-order valence-corrected chi connectivity index (χ3v) is 6.30. The topological polar surface area (TPSA) is 42.0 Å². The highest BCUT2D eigenvalue weighted by Gasteiger charge is 2.41. The summed E-state index contributed by atoms with van der Waals surface area (Å²) < 4.78 is 15.0. The summed E-state index contributed by atoms with van der Waals surface area (Å²) in [5.41, 5.74) is 1.10. The summed E-state index contributed by atoms with van der Waals surface area (Å²) in [6, 6.07) is 14.7. The van der Waals surface area contributed by atoms with Crippen LogP contribution in [0.25, 0.3) is 10.2 Å². The lowest BCUT2D eigenvalue weighted by atomic mass is 9.82. The molecular formula is C21H21FN2OS. The predicted octanol–water partition coefficient (Wildman–Crippen LogP) is 4.85. The highest BCUT2D eigenvalue weighted by Crippen LogP contribution is 2.42. The van der Waals surface area contributed by atoms with E-state index in [0.717, 1.165) is 40.9 Å². The molecule has 1 saturated carbocycles. The van der Waals surface area contributed by atoms with Crippen LogP contribution in [0.3, 0.4) is 0 Å². The molecule has 1 N–H and O–H groups in total. The lowest BCUT2D eigenvalue weighted by Gasteiger charge is -2.26. The Labute approximate surface area is 156 Å². The second kappa shape index (κ2) is 7.16. The maximum absolute atomic E-state index is 13.8. The number of hydrogen-bond acceptors (Lipinski definition) is 3. The number of para-hydroxylation sites is 1. The molecule has 26 heavy (non-hydrogen) atoms. The maximum atomic E-state index is 13.8. The van der Waals surface area contributed by atoms with Crippen molar-refractivity contribution in [3.8, 4) is 0 Å². The third-order valence-electron chi connectivity index (χ3n) is 5.27. The largest absolute Gasteiger partial charge is 0.351 e. The molecule has 2 aromatic carbocycles. The summed E-state index contributed by atoms with van der Waals surface area (Å²) in [5, 5.41) is 3.98. The molecule has 0 radical (unpaired) electrons. The Bertz CT molecular complexity index is 897. The van der Waals surface area contributed by atoms with Crippen molar-refractivity contribution in [3.05, 3.63) is 64.9 Å². The van der Waals surface area contributed by atoms with Crippen LogP contribution in [0, 0.1) is 11.2 Å². The number of fused-ring (bicyclic) bond motifs is 1. The summed E-state index contributed by atoms with van der Waals surface area (Å²) in [5.74, 6) is -0.253. The number of carbonyl (C=O) groups excluding carboxylic acids is 1. The number of aromatic nitrogens is 1. The molecular weight excluding hydrogens is 347 g/mol. The van der Waals surface area contributed by atoms with Crippen molar-refractivity contribution in [3.63, 3.8) is 0 Å². The van der Waals surface area contributed by atoms with E-state index in [9.17, 15) is 9.18 Å². The van der Waals surface area contributed by atoms with Gasteiger partial charge in [-0.3, -0.25) is 4.79 Å². The number of carbonyl (C=O) groups is 1. The lowest BCUT2D eigenvalue weighted by molar-refractivity contribution is -0.131. The van der Waals surface area contributed by atoms with E-state index in [1.807, 2.05) is 18.2 Å². The molecule has 4 rings (SSSR count). The summed E-state index contributed by atoms with van der Waals surface area (Å²) in [6.07, 6.45) is 4.50. The summed E-state index contributed by atoms with van der Waals surface area (Å²) in [6.45, 7) is 0.229. The number of benzene rings is 2. The molecule has 1 amide bonds. The van der Waals surface area contributed by atoms with E-state index >= 15 is 0 Å². The Balaban J connectivity index is 1.52. The van der Waals surface area contributed by atoms with Gasteiger partial charge in [-0.25, -0.2) is 9.37 Å². The number of rotatable bonds is 5. The number of hydrogen-bond donors (Lipinski definition) is 1. The Morgan fingerprint density at radius 2 is 1.85 bits per heavy atom. The van der Waals surface area contributed by atoms with Crippen molar-refractivity contribution >= 4 is 27.5 Å². The van der Waals surface area contributed by atoms with E-state index in [4.69, 9.17) is 4.98 Å². The highest BCUT2D eigenvalue weighted by molar-refractivity contribution is 7.18. The van der Waals surface area contributed by atoms with E-state index < -0.39 is 5.41 Å².